The number of benzene rings is 1. The summed E-state index contributed by atoms with van der Waals surface area (Å²) in [4.78, 5) is 18.7. The monoisotopic (exact) mass is 296 g/mol. The van der Waals surface area contributed by atoms with Gasteiger partial charge in [-0.1, -0.05) is 24.6 Å². The molecule has 1 aromatic heterocycles. The standard InChI is InChI=1S/C18H20N2O2/c1-12-9-16(14-6-2-3-7-15(14)19-12)20-10-13-5-4-8-18(13,11-20)17(21)22/h2-3,6-7,9,13H,4-5,8,10-11H2,1H3,(H,21,22)/t13-,18+/m0/s1. The Balaban J connectivity index is 1.80. The van der Waals surface area contributed by atoms with Crippen LogP contribution in [-0.4, -0.2) is 29.1 Å². The van der Waals surface area contributed by atoms with Crippen LogP contribution >= 0.6 is 0 Å². The third-order valence-electron chi connectivity index (χ3n) is 5.46. The molecule has 4 nitrogen and oxygen atoms in total. The number of fused-ring (bicyclic) bond motifs is 2. The molecule has 2 atom stereocenters. The molecule has 22 heavy (non-hydrogen) atoms. The minimum absolute atomic E-state index is 0.275. The summed E-state index contributed by atoms with van der Waals surface area (Å²) in [7, 11) is 0. The van der Waals surface area contributed by atoms with Gasteiger partial charge in [-0.05, 0) is 37.8 Å². The number of rotatable bonds is 2. The van der Waals surface area contributed by atoms with Crippen LogP contribution in [0.15, 0.2) is 30.3 Å². The number of carbonyl (C=O) groups is 1. The van der Waals surface area contributed by atoms with E-state index >= 15 is 0 Å². The number of hydrogen-bond acceptors (Lipinski definition) is 3. The number of pyridine rings is 1. The molecule has 1 aromatic carbocycles. The summed E-state index contributed by atoms with van der Waals surface area (Å²) in [6.07, 6.45) is 2.89. The van der Waals surface area contributed by atoms with Gasteiger partial charge in [-0.2, -0.15) is 0 Å². The fraction of sp³-hybridized carbons (Fsp3) is 0.444. The van der Waals surface area contributed by atoms with Crippen molar-refractivity contribution in [2.75, 3.05) is 18.0 Å². The van der Waals surface area contributed by atoms with Crippen LogP contribution in [0.4, 0.5) is 5.69 Å². The van der Waals surface area contributed by atoms with Crippen molar-refractivity contribution >= 4 is 22.6 Å². The van der Waals surface area contributed by atoms with Crippen LogP contribution < -0.4 is 4.90 Å². The Bertz CT molecular complexity index is 758. The van der Waals surface area contributed by atoms with Crippen LogP contribution in [0.1, 0.15) is 25.0 Å². The molecule has 0 radical (unpaired) electrons. The van der Waals surface area contributed by atoms with Gasteiger partial charge in [0.2, 0.25) is 0 Å². The van der Waals surface area contributed by atoms with Crippen LogP contribution in [-0.2, 0) is 4.79 Å². The number of anilines is 1. The zero-order valence-electron chi connectivity index (χ0n) is 12.7. The third kappa shape index (κ3) is 1.83. The maximum atomic E-state index is 11.9. The zero-order valence-corrected chi connectivity index (χ0v) is 12.7. The van der Waals surface area contributed by atoms with Crippen molar-refractivity contribution in [2.45, 2.75) is 26.2 Å². The molecule has 2 heterocycles. The van der Waals surface area contributed by atoms with Gasteiger partial charge in [0.25, 0.3) is 0 Å². The largest absolute Gasteiger partial charge is 0.481 e. The predicted octanol–water partition coefficient (Wildman–Crippen LogP) is 3.23. The predicted molar refractivity (Wildman–Crippen MR) is 86.1 cm³/mol. The molecule has 114 valence electrons. The Labute approximate surface area is 129 Å². The van der Waals surface area contributed by atoms with Crippen molar-refractivity contribution in [2.24, 2.45) is 11.3 Å². The summed E-state index contributed by atoms with van der Waals surface area (Å²) in [5.41, 5.74) is 2.56. The van der Waals surface area contributed by atoms with Gasteiger partial charge in [0, 0.05) is 29.9 Å². The highest BCUT2D eigenvalue weighted by atomic mass is 16.4. The van der Waals surface area contributed by atoms with Crippen LogP contribution in [0.3, 0.4) is 0 Å². The molecule has 0 unspecified atom stereocenters. The lowest BCUT2D eigenvalue weighted by Gasteiger charge is -2.25. The maximum Gasteiger partial charge on any atom is 0.311 e. The van der Waals surface area contributed by atoms with Gasteiger partial charge in [0.05, 0.1) is 10.9 Å². The summed E-state index contributed by atoms with van der Waals surface area (Å²) in [6.45, 7) is 3.47. The SMILES string of the molecule is Cc1cc(N2C[C@@H]3CCC[C@@]3(C(=O)O)C2)c2ccccc2n1. The van der Waals surface area contributed by atoms with E-state index < -0.39 is 11.4 Å². The minimum Gasteiger partial charge on any atom is -0.481 e. The van der Waals surface area contributed by atoms with E-state index in [1.165, 1.54) is 0 Å². The summed E-state index contributed by atoms with van der Waals surface area (Å²) in [5.74, 6) is -0.343. The lowest BCUT2D eigenvalue weighted by Crippen LogP contribution is -2.35. The van der Waals surface area contributed by atoms with Gasteiger partial charge >= 0.3 is 5.97 Å². The van der Waals surface area contributed by atoms with Crippen molar-refractivity contribution in [3.05, 3.63) is 36.0 Å². The molecule has 4 heteroatoms. The van der Waals surface area contributed by atoms with E-state index in [2.05, 4.69) is 22.0 Å². The second-order valence-corrected chi connectivity index (χ2v) is 6.73. The van der Waals surface area contributed by atoms with Crippen molar-refractivity contribution in [1.82, 2.24) is 4.98 Å². The number of carboxylic acids is 1. The van der Waals surface area contributed by atoms with E-state index in [0.29, 0.717) is 6.54 Å². The molecule has 2 aliphatic rings. The third-order valence-corrected chi connectivity index (χ3v) is 5.46. The van der Waals surface area contributed by atoms with E-state index in [0.717, 1.165) is 48.1 Å². The van der Waals surface area contributed by atoms with Crippen molar-refractivity contribution in [1.29, 1.82) is 0 Å². The number of carboxylic acid groups (broad SMARTS) is 1. The molecule has 1 N–H and O–H groups in total. The molecular weight excluding hydrogens is 276 g/mol. The average molecular weight is 296 g/mol. The Morgan fingerprint density at radius 2 is 2.23 bits per heavy atom. The van der Waals surface area contributed by atoms with Crippen molar-refractivity contribution in [3.63, 3.8) is 0 Å². The summed E-state index contributed by atoms with van der Waals surface area (Å²) >= 11 is 0. The highest BCUT2D eigenvalue weighted by Crippen LogP contribution is 2.50. The lowest BCUT2D eigenvalue weighted by atomic mass is 9.81. The van der Waals surface area contributed by atoms with Crippen LogP contribution in [0.2, 0.25) is 0 Å². The topological polar surface area (TPSA) is 53.4 Å². The normalized spacial score (nSPS) is 27.3. The first kappa shape index (κ1) is 13.6. The van der Waals surface area contributed by atoms with Gasteiger partial charge < -0.3 is 10.0 Å². The second-order valence-electron chi connectivity index (χ2n) is 6.73. The highest BCUT2D eigenvalue weighted by Gasteiger charge is 2.55. The number of aliphatic carboxylic acids is 1. The van der Waals surface area contributed by atoms with E-state index in [1.54, 1.807) is 0 Å². The molecule has 1 saturated carbocycles. The van der Waals surface area contributed by atoms with Crippen LogP contribution in [0.25, 0.3) is 10.9 Å². The summed E-state index contributed by atoms with van der Waals surface area (Å²) in [6, 6.07) is 10.2. The molecule has 0 amide bonds. The van der Waals surface area contributed by atoms with Crippen molar-refractivity contribution < 1.29 is 9.90 Å². The number of aromatic nitrogens is 1. The van der Waals surface area contributed by atoms with Gasteiger partial charge in [0.1, 0.15) is 0 Å². The van der Waals surface area contributed by atoms with Gasteiger partial charge in [-0.3, -0.25) is 9.78 Å². The molecule has 0 spiro atoms. The van der Waals surface area contributed by atoms with E-state index in [-0.39, 0.29) is 5.92 Å². The fourth-order valence-corrected chi connectivity index (χ4v) is 4.37. The Kier molecular flexibility index (Phi) is 2.90. The molecule has 1 aliphatic carbocycles. The Morgan fingerprint density at radius 3 is 3.00 bits per heavy atom. The smallest absolute Gasteiger partial charge is 0.311 e. The zero-order chi connectivity index (χ0) is 15.3. The Hall–Kier alpha value is -2.10. The number of aryl methyl sites for hydroxylation is 1. The van der Waals surface area contributed by atoms with Gasteiger partial charge in [-0.25, -0.2) is 0 Å². The Morgan fingerprint density at radius 1 is 1.41 bits per heavy atom. The number of para-hydroxylation sites is 1. The summed E-state index contributed by atoms with van der Waals surface area (Å²) < 4.78 is 0. The molecule has 1 aliphatic heterocycles. The van der Waals surface area contributed by atoms with E-state index in [1.807, 2.05) is 25.1 Å². The molecule has 0 bridgehead atoms. The molecular formula is C18H20N2O2. The second kappa shape index (κ2) is 4.70. The summed E-state index contributed by atoms with van der Waals surface area (Å²) in [5, 5.41) is 10.9. The minimum atomic E-state index is -0.618. The lowest BCUT2D eigenvalue weighted by molar-refractivity contribution is -0.149. The molecule has 4 rings (SSSR count). The fourth-order valence-electron chi connectivity index (χ4n) is 4.37. The quantitative estimate of drug-likeness (QED) is 0.924. The number of nitrogens with zero attached hydrogens (tertiary/aromatic N) is 2. The first-order chi connectivity index (χ1) is 10.6. The van der Waals surface area contributed by atoms with Crippen LogP contribution in [0.5, 0.6) is 0 Å². The molecule has 1 saturated heterocycles. The van der Waals surface area contributed by atoms with Gasteiger partial charge in [-0.15, -0.1) is 0 Å². The van der Waals surface area contributed by atoms with E-state index in [4.69, 9.17) is 0 Å². The number of hydrogen-bond donors (Lipinski definition) is 1. The van der Waals surface area contributed by atoms with Crippen molar-refractivity contribution in [3.8, 4) is 0 Å². The first-order valence-electron chi connectivity index (χ1n) is 7.95. The molecule has 2 aromatic rings. The molecule has 2 fully saturated rings. The van der Waals surface area contributed by atoms with E-state index in [9.17, 15) is 9.90 Å². The van der Waals surface area contributed by atoms with Gasteiger partial charge in [0.15, 0.2) is 0 Å². The first-order valence-corrected chi connectivity index (χ1v) is 7.95. The highest BCUT2D eigenvalue weighted by molar-refractivity contribution is 5.92. The van der Waals surface area contributed by atoms with Crippen LogP contribution in [0, 0.1) is 18.3 Å². The average Bonchev–Trinajstić information content (AvgIpc) is 3.04. The maximum absolute atomic E-state index is 11.9.